The lowest BCUT2D eigenvalue weighted by atomic mass is 9.97. The van der Waals surface area contributed by atoms with Crippen LogP contribution >= 0.6 is 0 Å². The number of carbonyl (C=O) groups is 3. The van der Waals surface area contributed by atoms with Gasteiger partial charge in [0.15, 0.2) is 0 Å². The van der Waals surface area contributed by atoms with Gasteiger partial charge in [-0.2, -0.15) is 0 Å². The maximum Gasteiger partial charge on any atom is 0.348 e. The summed E-state index contributed by atoms with van der Waals surface area (Å²) in [4.78, 5) is 36.5. The number of esters is 3. The third-order valence-electron chi connectivity index (χ3n) is 4.15. The molecule has 1 aliphatic heterocycles. The van der Waals surface area contributed by atoms with Gasteiger partial charge in [0.2, 0.25) is 0 Å². The third-order valence-corrected chi connectivity index (χ3v) is 4.15. The maximum atomic E-state index is 12.2. The zero-order valence-corrected chi connectivity index (χ0v) is 16.7. The smallest absolute Gasteiger partial charge is 0.348 e. The second kappa shape index (κ2) is 7.91. The summed E-state index contributed by atoms with van der Waals surface area (Å²) in [5, 5.41) is 0. The number of cyclic esters (lactones) is 2. The molecule has 0 bridgehead atoms. The van der Waals surface area contributed by atoms with Crippen molar-refractivity contribution < 1.29 is 28.6 Å². The fourth-order valence-electron chi connectivity index (χ4n) is 2.89. The third kappa shape index (κ3) is 4.71. The first-order valence-electron chi connectivity index (χ1n) is 9.25. The topological polar surface area (TPSA) is 78.9 Å². The van der Waals surface area contributed by atoms with E-state index in [0.717, 1.165) is 11.1 Å². The van der Waals surface area contributed by atoms with E-state index in [2.05, 4.69) is 0 Å². The molecule has 0 spiro atoms. The van der Waals surface area contributed by atoms with E-state index in [0.29, 0.717) is 11.1 Å². The van der Waals surface area contributed by atoms with E-state index in [9.17, 15) is 14.4 Å². The van der Waals surface area contributed by atoms with Gasteiger partial charge < -0.3 is 14.2 Å². The molecule has 0 N–H and O–H groups in total. The van der Waals surface area contributed by atoms with Crippen LogP contribution in [0.5, 0.6) is 0 Å². The first-order chi connectivity index (χ1) is 13.7. The molecule has 29 heavy (non-hydrogen) atoms. The zero-order chi connectivity index (χ0) is 21.2. The molecule has 0 unspecified atom stereocenters. The van der Waals surface area contributed by atoms with Gasteiger partial charge in [-0.05, 0) is 48.7 Å². The molecule has 0 saturated carbocycles. The number of rotatable bonds is 4. The first kappa shape index (κ1) is 20.3. The van der Waals surface area contributed by atoms with Gasteiger partial charge >= 0.3 is 17.9 Å². The van der Waals surface area contributed by atoms with Crippen molar-refractivity contribution in [3.05, 3.63) is 65.2 Å². The lowest BCUT2D eigenvalue weighted by Gasteiger charge is -2.29. The van der Waals surface area contributed by atoms with Crippen molar-refractivity contribution in [1.82, 2.24) is 0 Å². The van der Waals surface area contributed by atoms with Gasteiger partial charge in [-0.3, -0.25) is 0 Å². The van der Waals surface area contributed by atoms with Gasteiger partial charge in [0.25, 0.3) is 5.79 Å². The summed E-state index contributed by atoms with van der Waals surface area (Å²) < 4.78 is 15.5. The minimum absolute atomic E-state index is 0.172. The highest BCUT2D eigenvalue weighted by Crippen LogP contribution is 2.29. The molecule has 1 fully saturated rings. The Bertz CT molecular complexity index is 961. The molecule has 2 aromatic carbocycles. The maximum absolute atomic E-state index is 12.2. The molecule has 2 aromatic rings. The Morgan fingerprint density at radius 1 is 0.966 bits per heavy atom. The van der Waals surface area contributed by atoms with Crippen molar-refractivity contribution >= 4 is 24.0 Å². The van der Waals surface area contributed by atoms with E-state index in [-0.39, 0.29) is 11.7 Å². The molecule has 6 nitrogen and oxygen atoms in total. The Hall–Kier alpha value is -3.41. The number of hydrogen-bond donors (Lipinski definition) is 0. The molecule has 0 aromatic heterocycles. The van der Waals surface area contributed by atoms with E-state index in [1.54, 1.807) is 50.2 Å². The van der Waals surface area contributed by atoms with E-state index in [1.807, 2.05) is 12.1 Å². The Morgan fingerprint density at radius 3 is 2.14 bits per heavy atom. The average molecular weight is 394 g/mol. The molecule has 150 valence electrons. The van der Waals surface area contributed by atoms with Crippen LogP contribution in [0.1, 0.15) is 43.6 Å². The first-order valence-corrected chi connectivity index (χ1v) is 9.25. The molecule has 0 amide bonds. The predicted octanol–water partition coefficient (Wildman–Crippen LogP) is 4.14. The van der Waals surface area contributed by atoms with Crippen molar-refractivity contribution in [1.29, 1.82) is 0 Å². The Kier molecular flexibility index (Phi) is 5.55. The molecular formula is C23H22O6. The van der Waals surface area contributed by atoms with Crippen molar-refractivity contribution in [2.24, 2.45) is 0 Å². The van der Waals surface area contributed by atoms with Gasteiger partial charge in [-0.15, -0.1) is 0 Å². The van der Waals surface area contributed by atoms with Crippen LogP contribution in [0.2, 0.25) is 0 Å². The van der Waals surface area contributed by atoms with Crippen molar-refractivity contribution in [3.63, 3.8) is 0 Å². The SMILES string of the molecule is CC(C)OC(=O)c1ccc(-c2ccccc2C=C2C(=O)OC(C)(C)OC2=O)cc1. The van der Waals surface area contributed by atoms with Crippen LogP contribution in [0.4, 0.5) is 0 Å². The summed E-state index contributed by atoms with van der Waals surface area (Å²) in [6.07, 6.45) is 1.26. The van der Waals surface area contributed by atoms with Crippen LogP contribution in [-0.2, 0) is 23.8 Å². The number of benzene rings is 2. The van der Waals surface area contributed by atoms with Crippen molar-refractivity contribution in [2.45, 2.75) is 39.6 Å². The second-order valence-electron chi connectivity index (χ2n) is 7.36. The normalized spacial score (nSPS) is 15.6. The largest absolute Gasteiger partial charge is 0.459 e. The van der Waals surface area contributed by atoms with Gasteiger partial charge in [0, 0.05) is 13.8 Å². The molecule has 0 atom stereocenters. The zero-order valence-electron chi connectivity index (χ0n) is 16.7. The summed E-state index contributed by atoms with van der Waals surface area (Å²) in [7, 11) is 0. The average Bonchev–Trinajstić information content (AvgIpc) is 2.64. The quantitative estimate of drug-likeness (QED) is 0.441. The Balaban J connectivity index is 1.93. The fraction of sp³-hybridized carbons (Fsp3) is 0.261. The monoisotopic (exact) mass is 394 g/mol. The lowest BCUT2D eigenvalue weighted by molar-refractivity contribution is -0.222. The number of ether oxygens (including phenoxy) is 3. The van der Waals surface area contributed by atoms with E-state index in [1.165, 1.54) is 19.9 Å². The van der Waals surface area contributed by atoms with Crippen LogP contribution in [0.3, 0.4) is 0 Å². The van der Waals surface area contributed by atoms with Crippen LogP contribution in [0.25, 0.3) is 17.2 Å². The fourth-order valence-corrected chi connectivity index (χ4v) is 2.89. The minimum Gasteiger partial charge on any atom is -0.459 e. The molecule has 1 heterocycles. The molecule has 1 saturated heterocycles. The van der Waals surface area contributed by atoms with Crippen molar-refractivity contribution in [2.75, 3.05) is 0 Å². The lowest BCUT2D eigenvalue weighted by Crippen LogP contribution is -2.41. The highest BCUT2D eigenvalue weighted by molar-refractivity contribution is 6.19. The van der Waals surface area contributed by atoms with Gasteiger partial charge in [0.05, 0.1) is 11.7 Å². The van der Waals surface area contributed by atoms with Crippen LogP contribution in [-0.4, -0.2) is 29.8 Å². The summed E-state index contributed by atoms with van der Waals surface area (Å²) in [5.41, 5.74) is 2.52. The summed E-state index contributed by atoms with van der Waals surface area (Å²) >= 11 is 0. The van der Waals surface area contributed by atoms with E-state index in [4.69, 9.17) is 14.2 Å². The van der Waals surface area contributed by atoms with E-state index >= 15 is 0 Å². The summed E-state index contributed by atoms with van der Waals surface area (Å²) in [6, 6.07) is 14.2. The van der Waals surface area contributed by atoms with Crippen LogP contribution in [0, 0.1) is 0 Å². The molecule has 0 aliphatic carbocycles. The minimum atomic E-state index is -1.29. The molecule has 1 aliphatic rings. The number of carbonyl (C=O) groups excluding carboxylic acids is 3. The standard InChI is InChI=1S/C23H22O6/c1-14(2)27-20(24)16-11-9-15(10-12-16)18-8-6-5-7-17(18)13-19-21(25)28-23(3,4)29-22(19)26/h5-14H,1-4H3. The highest BCUT2D eigenvalue weighted by atomic mass is 16.7. The van der Waals surface area contributed by atoms with Gasteiger partial charge in [-0.25, -0.2) is 14.4 Å². The van der Waals surface area contributed by atoms with Crippen molar-refractivity contribution in [3.8, 4) is 11.1 Å². The second-order valence-corrected chi connectivity index (χ2v) is 7.36. The molecule has 6 heteroatoms. The number of hydrogen-bond acceptors (Lipinski definition) is 6. The summed E-state index contributed by atoms with van der Waals surface area (Å²) in [5.74, 6) is -3.14. The predicted molar refractivity (Wildman–Crippen MR) is 107 cm³/mol. The van der Waals surface area contributed by atoms with Gasteiger partial charge in [0.1, 0.15) is 5.57 Å². The van der Waals surface area contributed by atoms with E-state index < -0.39 is 23.7 Å². The Morgan fingerprint density at radius 2 is 1.55 bits per heavy atom. The van der Waals surface area contributed by atoms with Crippen LogP contribution in [0.15, 0.2) is 54.1 Å². The Labute approximate surface area is 169 Å². The molecular weight excluding hydrogens is 372 g/mol. The highest BCUT2D eigenvalue weighted by Gasteiger charge is 2.38. The van der Waals surface area contributed by atoms with Gasteiger partial charge in [-0.1, -0.05) is 36.4 Å². The molecule has 3 rings (SSSR count). The summed E-state index contributed by atoms with van der Waals surface area (Å²) in [6.45, 7) is 6.58. The van der Waals surface area contributed by atoms with Crippen LogP contribution < -0.4 is 0 Å². The molecule has 0 radical (unpaired) electrons.